The standard InChI is InChI=1S/C23H26N2O3S/c1-15-22(26)24-19-14-17(9-12-21(19)29-15)23(27)25-13-5-3-4-6-20(25)16-7-10-18(28-2)11-8-16/h7-12,14-15,20H,3-6,13H2,1-2H3,(H,24,26)/t15-,20-/m0/s1. The van der Waals surface area contributed by atoms with Crippen molar-refractivity contribution in [3.05, 3.63) is 53.6 Å². The van der Waals surface area contributed by atoms with Crippen molar-refractivity contribution in [3.63, 3.8) is 0 Å². The summed E-state index contributed by atoms with van der Waals surface area (Å²) in [6.45, 7) is 2.63. The number of carbonyl (C=O) groups is 2. The second-order valence-corrected chi connectivity index (χ2v) is 8.98. The molecule has 1 fully saturated rings. The number of fused-ring (bicyclic) bond motifs is 1. The van der Waals surface area contributed by atoms with Gasteiger partial charge in [0.15, 0.2) is 0 Å². The third-order valence-electron chi connectivity index (χ3n) is 5.67. The van der Waals surface area contributed by atoms with Gasteiger partial charge in [-0.15, -0.1) is 11.8 Å². The van der Waals surface area contributed by atoms with Crippen LogP contribution in [0.1, 0.15) is 54.6 Å². The first kappa shape index (κ1) is 19.8. The predicted molar refractivity (Wildman–Crippen MR) is 116 cm³/mol. The highest BCUT2D eigenvalue weighted by Gasteiger charge is 2.29. The van der Waals surface area contributed by atoms with Crippen LogP contribution in [0.4, 0.5) is 5.69 Å². The maximum absolute atomic E-state index is 13.5. The van der Waals surface area contributed by atoms with Crippen LogP contribution in [0.25, 0.3) is 0 Å². The second kappa shape index (κ2) is 8.49. The SMILES string of the molecule is COc1ccc([C@@H]2CCCCCN2C(=O)c2ccc3c(c2)NC(=O)[C@H](C)S3)cc1. The molecule has 2 aromatic carbocycles. The van der Waals surface area contributed by atoms with Gasteiger partial charge in [-0.2, -0.15) is 0 Å². The number of thioether (sulfide) groups is 1. The second-order valence-electron chi connectivity index (χ2n) is 7.60. The third-order valence-corrected chi connectivity index (χ3v) is 6.85. The maximum atomic E-state index is 13.5. The third kappa shape index (κ3) is 4.13. The minimum atomic E-state index is -0.117. The molecule has 2 aliphatic rings. The van der Waals surface area contributed by atoms with Crippen LogP contribution in [-0.4, -0.2) is 35.6 Å². The van der Waals surface area contributed by atoms with Gasteiger partial charge >= 0.3 is 0 Å². The van der Waals surface area contributed by atoms with Gasteiger partial charge in [0.1, 0.15) is 5.75 Å². The number of nitrogens with zero attached hydrogens (tertiary/aromatic N) is 1. The molecular formula is C23H26N2O3S. The van der Waals surface area contributed by atoms with E-state index in [-0.39, 0.29) is 23.1 Å². The molecule has 2 amide bonds. The first-order valence-electron chi connectivity index (χ1n) is 10.1. The summed E-state index contributed by atoms with van der Waals surface area (Å²) >= 11 is 1.53. The molecule has 0 aromatic heterocycles. The molecular weight excluding hydrogens is 384 g/mol. The number of nitrogens with one attached hydrogen (secondary N) is 1. The lowest BCUT2D eigenvalue weighted by Crippen LogP contribution is -2.35. The fourth-order valence-corrected chi connectivity index (χ4v) is 4.96. The van der Waals surface area contributed by atoms with Crippen molar-refractivity contribution in [2.24, 2.45) is 0 Å². The molecule has 0 radical (unpaired) electrons. The van der Waals surface area contributed by atoms with Crippen LogP contribution in [0.2, 0.25) is 0 Å². The number of hydrogen-bond donors (Lipinski definition) is 1. The quantitative estimate of drug-likeness (QED) is 0.783. The van der Waals surface area contributed by atoms with Gasteiger partial charge in [0, 0.05) is 17.0 Å². The first-order valence-corrected chi connectivity index (χ1v) is 11.0. The summed E-state index contributed by atoms with van der Waals surface area (Å²) in [5.74, 6) is 0.823. The van der Waals surface area contributed by atoms with Gasteiger partial charge in [-0.3, -0.25) is 9.59 Å². The molecule has 0 spiro atoms. The molecule has 5 nitrogen and oxygen atoms in total. The summed E-state index contributed by atoms with van der Waals surface area (Å²) in [7, 11) is 1.66. The summed E-state index contributed by atoms with van der Waals surface area (Å²) in [5, 5.41) is 2.81. The van der Waals surface area contributed by atoms with Gasteiger partial charge in [-0.05, 0) is 55.7 Å². The van der Waals surface area contributed by atoms with Gasteiger partial charge in [-0.25, -0.2) is 0 Å². The zero-order valence-electron chi connectivity index (χ0n) is 16.8. The number of rotatable bonds is 3. The summed E-state index contributed by atoms with van der Waals surface area (Å²) in [6, 6.07) is 13.7. The van der Waals surface area contributed by atoms with Crippen LogP contribution in [0.15, 0.2) is 47.4 Å². The Morgan fingerprint density at radius 1 is 1.14 bits per heavy atom. The topological polar surface area (TPSA) is 58.6 Å². The van der Waals surface area contributed by atoms with Gasteiger partial charge < -0.3 is 15.0 Å². The molecule has 6 heteroatoms. The minimum Gasteiger partial charge on any atom is -0.497 e. The smallest absolute Gasteiger partial charge is 0.254 e. The Labute approximate surface area is 175 Å². The first-order chi connectivity index (χ1) is 14.1. The Hall–Kier alpha value is -2.47. The van der Waals surface area contributed by atoms with Crippen LogP contribution < -0.4 is 10.1 Å². The normalized spacial score (nSPS) is 21.7. The van der Waals surface area contributed by atoms with E-state index in [1.165, 1.54) is 11.8 Å². The van der Waals surface area contributed by atoms with Gasteiger partial charge in [0.05, 0.1) is 24.1 Å². The van der Waals surface area contributed by atoms with E-state index >= 15 is 0 Å². The Balaban J connectivity index is 1.62. The molecule has 2 aromatic rings. The number of likely N-dealkylation sites (tertiary alicyclic amines) is 1. The highest BCUT2D eigenvalue weighted by molar-refractivity contribution is 8.00. The highest BCUT2D eigenvalue weighted by atomic mass is 32.2. The number of amides is 2. The number of carbonyl (C=O) groups excluding carboxylic acids is 2. The Kier molecular flexibility index (Phi) is 5.81. The summed E-state index contributed by atoms with van der Waals surface area (Å²) < 4.78 is 5.28. The average molecular weight is 411 g/mol. The van der Waals surface area contributed by atoms with Crippen LogP contribution in [0.3, 0.4) is 0 Å². The van der Waals surface area contributed by atoms with E-state index in [2.05, 4.69) is 17.4 Å². The lowest BCUT2D eigenvalue weighted by atomic mass is 9.99. The van der Waals surface area contributed by atoms with Crippen LogP contribution in [0, 0.1) is 0 Å². The van der Waals surface area contributed by atoms with Crippen molar-refractivity contribution in [1.82, 2.24) is 4.90 Å². The van der Waals surface area contributed by atoms with E-state index in [0.29, 0.717) is 5.56 Å². The molecule has 0 bridgehead atoms. The molecule has 1 saturated heterocycles. The van der Waals surface area contributed by atoms with Crippen molar-refractivity contribution >= 4 is 29.3 Å². The van der Waals surface area contributed by atoms with Gasteiger partial charge in [0.2, 0.25) is 5.91 Å². The zero-order chi connectivity index (χ0) is 20.4. The lowest BCUT2D eigenvalue weighted by molar-refractivity contribution is -0.115. The molecule has 1 N–H and O–H groups in total. The molecule has 2 atom stereocenters. The number of ether oxygens (including phenoxy) is 1. The van der Waals surface area contributed by atoms with Crippen molar-refractivity contribution < 1.29 is 14.3 Å². The van der Waals surface area contributed by atoms with Crippen molar-refractivity contribution in [2.45, 2.75) is 48.8 Å². The average Bonchev–Trinajstić information content (AvgIpc) is 3.00. The molecule has 2 aliphatic heterocycles. The van der Waals surface area contributed by atoms with E-state index in [0.717, 1.165) is 54.1 Å². The number of benzene rings is 2. The van der Waals surface area contributed by atoms with E-state index in [1.54, 1.807) is 7.11 Å². The largest absolute Gasteiger partial charge is 0.497 e. The van der Waals surface area contributed by atoms with Crippen LogP contribution in [-0.2, 0) is 4.79 Å². The number of anilines is 1. The van der Waals surface area contributed by atoms with E-state index in [9.17, 15) is 9.59 Å². The molecule has 4 rings (SSSR count). The predicted octanol–water partition coefficient (Wildman–Crippen LogP) is 4.89. The summed E-state index contributed by atoms with van der Waals surface area (Å²) in [5.41, 5.74) is 2.50. The van der Waals surface area contributed by atoms with Crippen LogP contribution >= 0.6 is 11.8 Å². The Bertz CT molecular complexity index is 913. The fraction of sp³-hybridized carbons (Fsp3) is 0.391. The van der Waals surface area contributed by atoms with Gasteiger partial charge in [0.25, 0.3) is 5.91 Å². The highest BCUT2D eigenvalue weighted by Crippen LogP contribution is 2.37. The lowest BCUT2D eigenvalue weighted by Gasteiger charge is -2.31. The number of methoxy groups -OCH3 is 1. The molecule has 0 unspecified atom stereocenters. The molecule has 0 aliphatic carbocycles. The van der Waals surface area contributed by atoms with E-state index in [4.69, 9.17) is 4.74 Å². The van der Waals surface area contributed by atoms with Crippen molar-refractivity contribution in [1.29, 1.82) is 0 Å². The van der Waals surface area contributed by atoms with Crippen LogP contribution in [0.5, 0.6) is 5.75 Å². The molecule has 152 valence electrons. The minimum absolute atomic E-state index is 0.0158. The summed E-state index contributed by atoms with van der Waals surface area (Å²) in [4.78, 5) is 28.5. The molecule has 0 saturated carbocycles. The summed E-state index contributed by atoms with van der Waals surface area (Å²) in [6.07, 6.45) is 4.20. The van der Waals surface area contributed by atoms with E-state index < -0.39 is 0 Å². The molecule has 2 heterocycles. The zero-order valence-corrected chi connectivity index (χ0v) is 17.6. The molecule has 29 heavy (non-hydrogen) atoms. The van der Waals surface area contributed by atoms with Gasteiger partial charge in [-0.1, -0.05) is 25.0 Å². The fourth-order valence-electron chi connectivity index (χ4n) is 4.03. The monoisotopic (exact) mass is 410 g/mol. The van der Waals surface area contributed by atoms with E-state index in [1.807, 2.05) is 42.2 Å². The number of hydrogen-bond acceptors (Lipinski definition) is 4. The van der Waals surface area contributed by atoms with Crippen molar-refractivity contribution in [3.8, 4) is 5.75 Å². The maximum Gasteiger partial charge on any atom is 0.254 e. The van der Waals surface area contributed by atoms with Crippen molar-refractivity contribution in [2.75, 3.05) is 19.0 Å². The Morgan fingerprint density at radius 2 is 1.93 bits per heavy atom. The Morgan fingerprint density at radius 3 is 2.69 bits per heavy atom.